The van der Waals surface area contributed by atoms with Gasteiger partial charge in [0.15, 0.2) is 0 Å². The summed E-state index contributed by atoms with van der Waals surface area (Å²) in [5, 5.41) is 10.2. The maximum Gasteiger partial charge on any atom is 0.273 e. The fourth-order valence-corrected chi connectivity index (χ4v) is 4.32. The van der Waals surface area contributed by atoms with E-state index in [1.54, 1.807) is 11.3 Å². The van der Waals surface area contributed by atoms with Gasteiger partial charge < -0.3 is 4.90 Å². The molecule has 1 aromatic carbocycles. The van der Waals surface area contributed by atoms with Crippen molar-refractivity contribution in [2.24, 2.45) is 5.92 Å². The number of fused-ring (bicyclic) bond motifs is 1. The molecule has 0 bridgehead atoms. The average molecular weight is 372 g/mol. The monoisotopic (exact) mass is 371 g/mol. The highest BCUT2D eigenvalue weighted by Crippen LogP contribution is 2.44. The normalized spacial score (nSPS) is 16.7. The highest BCUT2D eigenvalue weighted by atomic mass is 35.5. The van der Waals surface area contributed by atoms with Gasteiger partial charge in [0.25, 0.3) is 5.91 Å². The molecule has 3 heterocycles. The van der Waals surface area contributed by atoms with Gasteiger partial charge in [-0.05, 0) is 29.5 Å². The Kier molecular flexibility index (Phi) is 4.13. The first kappa shape index (κ1) is 16.4. The van der Waals surface area contributed by atoms with Crippen LogP contribution in [0.4, 0.5) is 0 Å². The number of amides is 1. The molecule has 6 heteroatoms. The molecular formula is C19H18ClN3OS. The summed E-state index contributed by atoms with van der Waals surface area (Å²) in [5.41, 5.74) is 3.35. The summed E-state index contributed by atoms with van der Waals surface area (Å²) in [7, 11) is 0. The van der Waals surface area contributed by atoms with Crippen LogP contribution in [-0.2, 0) is 0 Å². The van der Waals surface area contributed by atoms with E-state index in [2.05, 4.69) is 30.1 Å². The first-order valence-corrected chi connectivity index (χ1v) is 9.50. The molecule has 1 amide bonds. The Morgan fingerprint density at radius 1 is 1.28 bits per heavy atom. The van der Waals surface area contributed by atoms with E-state index >= 15 is 0 Å². The zero-order chi connectivity index (χ0) is 17.6. The summed E-state index contributed by atoms with van der Waals surface area (Å²) in [6.45, 7) is 4.97. The molecule has 128 valence electrons. The van der Waals surface area contributed by atoms with Gasteiger partial charge in [-0.25, -0.2) is 0 Å². The molecule has 0 fully saturated rings. The lowest BCUT2D eigenvalue weighted by atomic mass is 10.0. The van der Waals surface area contributed by atoms with Crippen LogP contribution in [0.2, 0.25) is 5.02 Å². The summed E-state index contributed by atoms with van der Waals surface area (Å²) >= 11 is 7.68. The molecule has 4 nitrogen and oxygen atoms in total. The van der Waals surface area contributed by atoms with Crippen molar-refractivity contribution in [3.05, 3.63) is 62.9 Å². The second-order valence-electron chi connectivity index (χ2n) is 6.64. The Balaban J connectivity index is 1.86. The van der Waals surface area contributed by atoms with Crippen molar-refractivity contribution >= 4 is 28.8 Å². The smallest absolute Gasteiger partial charge is 0.273 e. The maximum absolute atomic E-state index is 13.0. The van der Waals surface area contributed by atoms with Gasteiger partial charge in [0.2, 0.25) is 0 Å². The second kappa shape index (κ2) is 6.32. The number of aromatic nitrogens is 2. The van der Waals surface area contributed by atoms with Crippen LogP contribution < -0.4 is 0 Å². The molecule has 1 atom stereocenters. The minimum Gasteiger partial charge on any atom is -0.325 e. The lowest BCUT2D eigenvalue weighted by Crippen LogP contribution is -2.32. The van der Waals surface area contributed by atoms with Crippen molar-refractivity contribution in [1.29, 1.82) is 0 Å². The molecule has 4 rings (SSSR count). The highest BCUT2D eigenvalue weighted by Gasteiger charge is 2.42. The molecule has 2 aromatic heterocycles. The number of aromatic amines is 1. The van der Waals surface area contributed by atoms with E-state index in [1.807, 2.05) is 40.6 Å². The topological polar surface area (TPSA) is 49.0 Å². The fraction of sp³-hybridized carbons (Fsp3) is 0.263. The van der Waals surface area contributed by atoms with Crippen LogP contribution in [0.5, 0.6) is 0 Å². The zero-order valence-electron chi connectivity index (χ0n) is 14.0. The number of hydrogen-bond acceptors (Lipinski definition) is 3. The Morgan fingerprint density at radius 3 is 2.68 bits per heavy atom. The third kappa shape index (κ3) is 2.77. The molecule has 1 N–H and O–H groups in total. The van der Waals surface area contributed by atoms with Crippen LogP contribution >= 0.6 is 22.9 Å². The number of nitrogens with zero attached hydrogens (tertiary/aromatic N) is 2. The molecule has 1 aliphatic rings. The van der Waals surface area contributed by atoms with Gasteiger partial charge >= 0.3 is 0 Å². The Labute approximate surface area is 155 Å². The van der Waals surface area contributed by atoms with E-state index in [1.165, 1.54) is 0 Å². The molecule has 0 spiro atoms. The van der Waals surface area contributed by atoms with E-state index in [-0.39, 0.29) is 11.9 Å². The third-order valence-corrected chi connectivity index (χ3v) is 5.53. The summed E-state index contributed by atoms with van der Waals surface area (Å²) in [4.78, 5) is 16.1. The van der Waals surface area contributed by atoms with Crippen molar-refractivity contribution < 1.29 is 4.79 Å². The fourth-order valence-electron chi connectivity index (χ4n) is 3.35. The molecule has 3 aromatic rings. The van der Waals surface area contributed by atoms with Crippen LogP contribution in [0, 0.1) is 5.92 Å². The molecule has 0 radical (unpaired) electrons. The van der Waals surface area contributed by atoms with Crippen LogP contribution in [0.1, 0.15) is 40.8 Å². The summed E-state index contributed by atoms with van der Waals surface area (Å²) in [6.07, 6.45) is 0. The van der Waals surface area contributed by atoms with Gasteiger partial charge in [-0.3, -0.25) is 9.89 Å². The number of benzene rings is 1. The number of halogens is 1. The Bertz CT molecular complexity index is 899. The first-order chi connectivity index (χ1) is 12.1. The van der Waals surface area contributed by atoms with Crippen LogP contribution in [0.3, 0.4) is 0 Å². The quantitative estimate of drug-likeness (QED) is 0.702. The maximum atomic E-state index is 13.0. The second-order valence-corrected chi connectivity index (χ2v) is 8.05. The van der Waals surface area contributed by atoms with Crippen molar-refractivity contribution in [3.63, 3.8) is 0 Å². The Morgan fingerprint density at radius 2 is 2.04 bits per heavy atom. The minimum absolute atomic E-state index is 0.0230. The number of carbonyl (C=O) groups excluding carboxylic acids is 1. The van der Waals surface area contributed by atoms with E-state index in [0.29, 0.717) is 23.2 Å². The predicted octanol–water partition coefficient (Wildman–Crippen LogP) is 4.99. The highest BCUT2D eigenvalue weighted by molar-refractivity contribution is 7.10. The minimum atomic E-state index is -0.0886. The lowest BCUT2D eigenvalue weighted by molar-refractivity contribution is 0.0724. The lowest BCUT2D eigenvalue weighted by Gasteiger charge is -2.26. The van der Waals surface area contributed by atoms with Gasteiger partial charge in [0, 0.05) is 27.6 Å². The molecule has 0 saturated carbocycles. The summed E-state index contributed by atoms with van der Waals surface area (Å²) < 4.78 is 0. The number of rotatable bonds is 4. The average Bonchev–Trinajstić information content (AvgIpc) is 3.28. The van der Waals surface area contributed by atoms with Crippen LogP contribution in [0.15, 0.2) is 41.8 Å². The van der Waals surface area contributed by atoms with Crippen molar-refractivity contribution in [2.75, 3.05) is 6.54 Å². The van der Waals surface area contributed by atoms with Gasteiger partial charge in [-0.2, -0.15) is 5.10 Å². The van der Waals surface area contributed by atoms with Gasteiger partial charge in [-0.1, -0.05) is 43.6 Å². The van der Waals surface area contributed by atoms with E-state index < -0.39 is 0 Å². The molecular weight excluding hydrogens is 354 g/mol. The first-order valence-electron chi connectivity index (χ1n) is 8.25. The number of H-pyrrole nitrogens is 1. The zero-order valence-corrected chi connectivity index (χ0v) is 15.6. The van der Waals surface area contributed by atoms with Gasteiger partial charge in [0.1, 0.15) is 5.69 Å². The van der Waals surface area contributed by atoms with Crippen LogP contribution in [-0.4, -0.2) is 27.5 Å². The van der Waals surface area contributed by atoms with Crippen molar-refractivity contribution in [3.8, 4) is 11.3 Å². The summed E-state index contributed by atoms with van der Waals surface area (Å²) in [5.74, 6) is 0.414. The largest absolute Gasteiger partial charge is 0.325 e. The number of carbonyl (C=O) groups is 1. The van der Waals surface area contributed by atoms with Gasteiger partial charge in [0.05, 0.1) is 11.7 Å². The van der Waals surface area contributed by atoms with Crippen molar-refractivity contribution in [1.82, 2.24) is 15.1 Å². The third-order valence-electron chi connectivity index (χ3n) is 4.36. The molecule has 0 saturated heterocycles. The number of nitrogens with one attached hydrogen (secondary N) is 1. The molecule has 0 aliphatic carbocycles. The predicted molar refractivity (Wildman–Crippen MR) is 101 cm³/mol. The number of hydrogen-bond donors (Lipinski definition) is 1. The van der Waals surface area contributed by atoms with E-state index in [0.717, 1.165) is 21.7 Å². The van der Waals surface area contributed by atoms with Crippen LogP contribution in [0.25, 0.3) is 11.3 Å². The summed E-state index contributed by atoms with van der Waals surface area (Å²) in [6, 6.07) is 11.6. The molecule has 1 unspecified atom stereocenters. The standard InChI is InChI=1S/C19H18ClN3OS/c1-11(2)10-23-18(14-4-3-9-25-14)15-16(21-22-17(15)19(23)24)12-5-7-13(20)8-6-12/h3-9,11,18H,10H2,1-2H3,(H,21,22). The SMILES string of the molecule is CC(C)CN1C(=O)c2[nH]nc(-c3ccc(Cl)cc3)c2C1c1cccs1. The molecule has 25 heavy (non-hydrogen) atoms. The number of thiophene rings is 1. The van der Waals surface area contributed by atoms with E-state index in [4.69, 9.17) is 11.6 Å². The van der Waals surface area contributed by atoms with E-state index in [9.17, 15) is 4.79 Å². The van der Waals surface area contributed by atoms with Crippen molar-refractivity contribution in [2.45, 2.75) is 19.9 Å². The van der Waals surface area contributed by atoms with Gasteiger partial charge in [-0.15, -0.1) is 11.3 Å². The Hall–Kier alpha value is -2.11. The molecule has 1 aliphatic heterocycles.